The molecule has 1 heterocycles. The van der Waals surface area contributed by atoms with E-state index in [1.807, 2.05) is 0 Å². The lowest BCUT2D eigenvalue weighted by Gasteiger charge is -2.11. The second-order valence-corrected chi connectivity index (χ2v) is 4.10. The predicted molar refractivity (Wildman–Crippen MR) is 69.8 cm³/mol. The largest absolute Gasteiger partial charge is 0.393 e. The van der Waals surface area contributed by atoms with Gasteiger partial charge in [0.05, 0.1) is 11.0 Å². The van der Waals surface area contributed by atoms with Crippen LogP contribution in [-0.2, 0) is 0 Å². The Bertz CT molecular complexity index is 640. The highest BCUT2D eigenvalue weighted by molar-refractivity contribution is 5.95. The zero-order chi connectivity index (χ0) is 14.7. The number of nitrogens with zero attached hydrogens (tertiary/aromatic N) is 3. The molecule has 4 N–H and O–H groups in total. The number of nitrogen functional groups attached to an aromatic ring is 1. The molecule has 9 heteroatoms. The van der Waals surface area contributed by atoms with Gasteiger partial charge in [-0.05, 0) is 19.1 Å². The highest BCUT2D eigenvalue weighted by atomic mass is 16.6. The zero-order valence-electron chi connectivity index (χ0n) is 10.5. The van der Waals surface area contributed by atoms with Crippen molar-refractivity contribution in [3.05, 3.63) is 46.0 Å². The third-order valence-electron chi connectivity index (χ3n) is 2.68. The number of hydrogen-bond acceptors (Lipinski definition) is 6. The van der Waals surface area contributed by atoms with Crippen LogP contribution in [-0.4, -0.2) is 26.0 Å². The van der Waals surface area contributed by atoms with Crippen molar-refractivity contribution in [1.82, 2.24) is 20.5 Å². The first-order valence-electron chi connectivity index (χ1n) is 5.69. The van der Waals surface area contributed by atoms with Gasteiger partial charge in [0.15, 0.2) is 0 Å². The molecule has 20 heavy (non-hydrogen) atoms. The third kappa shape index (κ3) is 2.71. The van der Waals surface area contributed by atoms with Crippen LogP contribution in [0.3, 0.4) is 0 Å². The highest BCUT2D eigenvalue weighted by Crippen LogP contribution is 2.22. The molecule has 0 radical (unpaired) electrons. The van der Waals surface area contributed by atoms with Gasteiger partial charge in [-0.25, -0.2) is 4.98 Å². The van der Waals surface area contributed by atoms with Crippen molar-refractivity contribution < 1.29 is 9.72 Å². The highest BCUT2D eigenvalue weighted by Gasteiger charge is 2.18. The van der Waals surface area contributed by atoms with Gasteiger partial charge in [0, 0.05) is 11.6 Å². The summed E-state index contributed by atoms with van der Waals surface area (Å²) < 4.78 is 0. The number of nitro groups is 1. The molecule has 0 saturated heterocycles. The van der Waals surface area contributed by atoms with Crippen LogP contribution in [0, 0.1) is 10.1 Å². The molecule has 0 spiro atoms. The minimum atomic E-state index is -0.633. The van der Waals surface area contributed by atoms with E-state index in [0.717, 1.165) is 6.07 Å². The van der Waals surface area contributed by atoms with Gasteiger partial charge in [-0.15, -0.1) is 0 Å². The van der Waals surface area contributed by atoms with Gasteiger partial charge in [0.2, 0.25) is 0 Å². The number of hydrogen-bond donors (Lipinski definition) is 3. The second-order valence-electron chi connectivity index (χ2n) is 4.10. The van der Waals surface area contributed by atoms with Crippen molar-refractivity contribution in [3.8, 4) is 0 Å². The summed E-state index contributed by atoms with van der Waals surface area (Å²) in [6.45, 7) is 1.71. The van der Waals surface area contributed by atoms with Gasteiger partial charge in [0.25, 0.3) is 11.6 Å². The van der Waals surface area contributed by atoms with E-state index in [1.54, 1.807) is 6.92 Å². The number of nitrogens with one attached hydrogen (secondary N) is 2. The summed E-state index contributed by atoms with van der Waals surface area (Å²) in [4.78, 5) is 26.1. The van der Waals surface area contributed by atoms with Crippen LogP contribution in [0.25, 0.3) is 0 Å². The Hall–Kier alpha value is -2.97. The van der Waals surface area contributed by atoms with Crippen LogP contribution < -0.4 is 11.1 Å². The van der Waals surface area contributed by atoms with Gasteiger partial charge < -0.3 is 11.1 Å². The predicted octanol–water partition coefficient (Wildman–Crippen LogP) is 0.786. The average Bonchev–Trinajstić information content (AvgIpc) is 2.92. The van der Waals surface area contributed by atoms with E-state index in [2.05, 4.69) is 20.5 Å². The first-order valence-corrected chi connectivity index (χ1v) is 5.69. The van der Waals surface area contributed by atoms with E-state index in [9.17, 15) is 14.9 Å². The number of rotatable bonds is 4. The molecule has 0 aliphatic heterocycles. The number of aromatic amines is 1. The Morgan fingerprint density at radius 3 is 2.90 bits per heavy atom. The normalized spacial score (nSPS) is 11.8. The van der Waals surface area contributed by atoms with Gasteiger partial charge in [-0.2, -0.15) is 5.10 Å². The number of nitro benzene ring substituents is 1. The fourth-order valence-corrected chi connectivity index (χ4v) is 1.61. The Labute approximate surface area is 113 Å². The molecule has 1 aromatic carbocycles. The van der Waals surface area contributed by atoms with E-state index in [0.29, 0.717) is 5.82 Å². The Balaban J connectivity index is 2.17. The minimum absolute atomic E-state index is 0.00910. The number of nitrogens with two attached hydrogens (primary N) is 1. The fourth-order valence-electron chi connectivity index (χ4n) is 1.61. The molecule has 0 aliphatic rings. The lowest BCUT2D eigenvalue weighted by Crippen LogP contribution is -2.27. The van der Waals surface area contributed by atoms with Crippen LogP contribution in [0.2, 0.25) is 0 Å². The van der Waals surface area contributed by atoms with E-state index in [-0.39, 0.29) is 16.9 Å². The minimum Gasteiger partial charge on any atom is -0.393 e. The number of amides is 1. The van der Waals surface area contributed by atoms with E-state index in [1.165, 1.54) is 18.5 Å². The SMILES string of the molecule is CC(NC(=O)c1ccc(N)c([N+](=O)[O-])c1)c1ncn[nH]1. The molecule has 2 aromatic rings. The lowest BCUT2D eigenvalue weighted by molar-refractivity contribution is -0.383. The van der Waals surface area contributed by atoms with E-state index >= 15 is 0 Å². The monoisotopic (exact) mass is 276 g/mol. The maximum absolute atomic E-state index is 12.0. The molecular formula is C11H12N6O3. The molecule has 0 aliphatic carbocycles. The molecule has 0 fully saturated rings. The van der Waals surface area contributed by atoms with Crippen LogP contribution in [0.1, 0.15) is 29.1 Å². The van der Waals surface area contributed by atoms with Crippen molar-refractivity contribution in [1.29, 1.82) is 0 Å². The standard InChI is InChI=1S/C11H12N6O3/c1-6(10-13-5-14-16-10)15-11(18)7-2-3-8(12)9(4-7)17(19)20/h2-6H,12H2,1H3,(H,15,18)(H,13,14,16). The summed E-state index contributed by atoms with van der Waals surface area (Å²) in [7, 11) is 0. The maximum atomic E-state index is 12.0. The molecule has 0 saturated carbocycles. The molecule has 1 atom stereocenters. The van der Waals surface area contributed by atoms with Crippen LogP contribution >= 0.6 is 0 Å². The molecule has 1 aromatic heterocycles. The van der Waals surface area contributed by atoms with Crippen molar-refractivity contribution in [2.24, 2.45) is 0 Å². The van der Waals surface area contributed by atoms with Crippen LogP contribution in [0.15, 0.2) is 24.5 Å². The van der Waals surface area contributed by atoms with E-state index in [4.69, 9.17) is 5.73 Å². The molecule has 1 unspecified atom stereocenters. The fraction of sp³-hybridized carbons (Fsp3) is 0.182. The molecule has 104 valence electrons. The van der Waals surface area contributed by atoms with Crippen LogP contribution in [0.4, 0.5) is 11.4 Å². The summed E-state index contributed by atoms with van der Waals surface area (Å²) >= 11 is 0. The molecule has 9 nitrogen and oxygen atoms in total. The number of carbonyl (C=O) groups is 1. The van der Waals surface area contributed by atoms with Crippen molar-refractivity contribution in [2.45, 2.75) is 13.0 Å². The van der Waals surface area contributed by atoms with Gasteiger partial charge in [0.1, 0.15) is 17.8 Å². The summed E-state index contributed by atoms with van der Waals surface area (Å²) in [6.07, 6.45) is 1.33. The first kappa shape index (κ1) is 13.5. The summed E-state index contributed by atoms with van der Waals surface area (Å²) in [5.74, 6) is 0.0281. The number of benzene rings is 1. The average molecular weight is 276 g/mol. The molecule has 1 amide bonds. The van der Waals surface area contributed by atoms with Crippen molar-refractivity contribution in [2.75, 3.05) is 5.73 Å². The van der Waals surface area contributed by atoms with Crippen molar-refractivity contribution >= 4 is 17.3 Å². The maximum Gasteiger partial charge on any atom is 0.292 e. The molecule has 2 rings (SSSR count). The topological polar surface area (TPSA) is 140 Å². The van der Waals surface area contributed by atoms with Crippen molar-refractivity contribution in [3.63, 3.8) is 0 Å². The number of aromatic nitrogens is 3. The third-order valence-corrected chi connectivity index (χ3v) is 2.68. The first-order chi connectivity index (χ1) is 9.49. The van der Waals surface area contributed by atoms with Gasteiger partial charge in [-0.1, -0.05) is 0 Å². The summed E-state index contributed by atoms with van der Waals surface area (Å²) in [5.41, 5.74) is 5.33. The Kier molecular flexibility index (Phi) is 3.60. The van der Waals surface area contributed by atoms with Gasteiger partial charge >= 0.3 is 0 Å². The van der Waals surface area contributed by atoms with Crippen LogP contribution in [0.5, 0.6) is 0 Å². The Morgan fingerprint density at radius 1 is 1.55 bits per heavy atom. The number of carbonyl (C=O) groups excluding carboxylic acids is 1. The number of anilines is 1. The number of H-pyrrole nitrogens is 1. The quantitative estimate of drug-likeness (QED) is 0.428. The van der Waals surface area contributed by atoms with E-state index < -0.39 is 16.9 Å². The summed E-state index contributed by atoms with van der Waals surface area (Å²) in [5, 5.41) is 19.7. The zero-order valence-corrected chi connectivity index (χ0v) is 10.5. The Morgan fingerprint density at radius 2 is 2.30 bits per heavy atom. The molecule has 0 bridgehead atoms. The molecular weight excluding hydrogens is 264 g/mol. The smallest absolute Gasteiger partial charge is 0.292 e. The lowest BCUT2D eigenvalue weighted by atomic mass is 10.1. The summed E-state index contributed by atoms with van der Waals surface area (Å²) in [6, 6.07) is 3.48. The second kappa shape index (κ2) is 5.34. The van der Waals surface area contributed by atoms with Gasteiger partial charge in [-0.3, -0.25) is 20.0 Å².